The summed E-state index contributed by atoms with van der Waals surface area (Å²) in [6.07, 6.45) is 3.38. The quantitative estimate of drug-likeness (QED) is 0.586. The Morgan fingerprint density at radius 2 is 2.03 bits per heavy atom. The number of thiazole rings is 1. The van der Waals surface area contributed by atoms with E-state index in [1.54, 1.807) is 44.3 Å². The van der Waals surface area contributed by atoms with Crippen molar-refractivity contribution in [3.63, 3.8) is 0 Å². The van der Waals surface area contributed by atoms with Crippen LogP contribution in [0.25, 0.3) is 6.08 Å². The predicted molar refractivity (Wildman–Crippen MR) is 116 cm³/mol. The number of pyridine rings is 1. The molecule has 0 aliphatic carbocycles. The highest BCUT2D eigenvalue weighted by Gasteiger charge is 2.34. The molecule has 1 aliphatic heterocycles. The highest BCUT2D eigenvalue weighted by atomic mass is 35.5. The van der Waals surface area contributed by atoms with Crippen molar-refractivity contribution in [1.29, 1.82) is 0 Å². The zero-order chi connectivity index (χ0) is 21.3. The highest BCUT2D eigenvalue weighted by Crippen LogP contribution is 2.34. The van der Waals surface area contributed by atoms with E-state index in [0.717, 1.165) is 0 Å². The van der Waals surface area contributed by atoms with Crippen molar-refractivity contribution in [2.24, 2.45) is 4.99 Å². The van der Waals surface area contributed by atoms with Gasteiger partial charge in [0.05, 0.1) is 28.1 Å². The molecular formula is C22H18ClN3O3S. The summed E-state index contributed by atoms with van der Waals surface area (Å²) in [6, 6.07) is 11.9. The van der Waals surface area contributed by atoms with E-state index in [-0.39, 0.29) is 12.2 Å². The number of ether oxygens (including phenoxy) is 1. The van der Waals surface area contributed by atoms with Crippen LogP contribution in [-0.2, 0) is 9.53 Å². The number of hydrogen-bond donors (Lipinski definition) is 0. The number of rotatable bonds is 4. The SMILES string of the molecule is CCOC(=O)C1=C(C)N=c2s/c(=C/c3ccccn3)c(=O)n2[C@@H]1c1ccccc1Cl. The van der Waals surface area contributed by atoms with Gasteiger partial charge in [-0.3, -0.25) is 14.3 Å². The fourth-order valence-electron chi connectivity index (χ4n) is 3.38. The van der Waals surface area contributed by atoms with Crippen LogP contribution in [-0.4, -0.2) is 22.1 Å². The average Bonchev–Trinajstić information content (AvgIpc) is 3.03. The number of hydrogen-bond acceptors (Lipinski definition) is 6. The first kappa shape index (κ1) is 20.3. The Morgan fingerprint density at radius 1 is 1.27 bits per heavy atom. The molecule has 4 rings (SSSR count). The number of halogens is 1. The molecule has 1 aromatic carbocycles. The molecular weight excluding hydrogens is 422 g/mol. The lowest BCUT2D eigenvalue weighted by molar-refractivity contribution is -0.139. The zero-order valence-corrected chi connectivity index (χ0v) is 17.9. The largest absolute Gasteiger partial charge is 0.463 e. The van der Waals surface area contributed by atoms with Gasteiger partial charge in [0.1, 0.15) is 6.04 Å². The van der Waals surface area contributed by atoms with Crippen molar-refractivity contribution in [2.45, 2.75) is 19.9 Å². The lowest BCUT2D eigenvalue weighted by atomic mass is 9.96. The smallest absolute Gasteiger partial charge is 0.338 e. The van der Waals surface area contributed by atoms with Gasteiger partial charge in [-0.25, -0.2) is 9.79 Å². The minimum absolute atomic E-state index is 0.217. The maximum Gasteiger partial charge on any atom is 0.338 e. The van der Waals surface area contributed by atoms with Gasteiger partial charge < -0.3 is 4.74 Å². The average molecular weight is 440 g/mol. The number of allylic oxidation sites excluding steroid dienone is 1. The van der Waals surface area contributed by atoms with Crippen LogP contribution in [0.2, 0.25) is 5.02 Å². The Labute approximate surface area is 181 Å². The molecule has 152 valence electrons. The van der Waals surface area contributed by atoms with Crippen molar-refractivity contribution in [1.82, 2.24) is 9.55 Å². The molecule has 0 saturated carbocycles. The van der Waals surface area contributed by atoms with Crippen molar-refractivity contribution in [2.75, 3.05) is 6.61 Å². The Hall–Kier alpha value is -3.03. The molecule has 3 aromatic rings. The maximum atomic E-state index is 13.4. The summed E-state index contributed by atoms with van der Waals surface area (Å²) in [4.78, 5) is 35.5. The summed E-state index contributed by atoms with van der Waals surface area (Å²) in [5.74, 6) is -0.511. The normalized spacial score (nSPS) is 16.2. The molecule has 1 atom stereocenters. The standard InChI is InChI=1S/C22H18ClN3O3S/c1-3-29-21(28)18-13(2)25-22-26(19(18)15-9-4-5-10-16(15)23)20(27)17(30-22)12-14-8-6-7-11-24-14/h4-12,19H,3H2,1-2H3/b17-12+/t19-/m1/s1. The number of carbonyl (C=O) groups is 1. The lowest BCUT2D eigenvalue weighted by Crippen LogP contribution is -2.40. The van der Waals surface area contributed by atoms with Crippen molar-refractivity contribution >= 4 is 35.0 Å². The number of esters is 1. The molecule has 0 radical (unpaired) electrons. The van der Waals surface area contributed by atoms with E-state index in [0.29, 0.717) is 36.9 Å². The van der Waals surface area contributed by atoms with Gasteiger partial charge >= 0.3 is 5.97 Å². The van der Waals surface area contributed by atoms with Gasteiger partial charge in [0.25, 0.3) is 5.56 Å². The van der Waals surface area contributed by atoms with Crippen molar-refractivity contribution in [3.8, 4) is 0 Å². The minimum atomic E-state index is -0.722. The molecule has 2 aromatic heterocycles. The summed E-state index contributed by atoms with van der Waals surface area (Å²) in [5, 5.41) is 0.457. The first-order valence-electron chi connectivity index (χ1n) is 9.36. The third-order valence-electron chi connectivity index (χ3n) is 4.68. The molecule has 30 heavy (non-hydrogen) atoms. The Kier molecular flexibility index (Phi) is 5.65. The van der Waals surface area contributed by atoms with E-state index in [9.17, 15) is 9.59 Å². The first-order chi connectivity index (χ1) is 14.5. The predicted octanol–water partition coefficient (Wildman–Crippen LogP) is 2.85. The third kappa shape index (κ3) is 3.62. The fraction of sp³-hybridized carbons (Fsp3) is 0.182. The van der Waals surface area contributed by atoms with Gasteiger partial charge in [-0.15, -0.1) is 0 Å². The zero-order valence-electron chi connectivity index (χ0n) is 16.3. The Morgan fingerprint density at radius 3 is 2.73 bits per heavy atom. The molecule has 8 heteroatoms. The van der Waals surface area contributed by atoms with E-state index in [1.807, 2.05) is 24.3 Å². The maximum absolute atomic E-state index is 13.4. The second-order valence-electron chi connectivity index (χ2n) is 6.58. The molecule has 0 unspecified atom stereocenters. The number of aromatic nitrogens is 2. The van der Waals surface area contributed by atoms with Crippen LogP contribution in [0.1, 0.15) is 31.1 Å². The van der Waals surface area contributed by atoms with Gasteiger partial charge in [0.2, 0.25) is 0 Å². The van der Waals surface area contributed by atoms with Crippen molar-refractivity contribution < 1.29 is 9.53 Å². The van der Waals surface area contributed by atoms with E-state index in [4.69, 9.17) is 16.3 Å². The summed E-state index contributed by atoms with van der Waals surface area (Å²) in [5.41, 5.74) is 1.86. The van der Waals surface area contributed by atoms with Gasteiger partial charge in [-0.05, 0) is 43.7 Å². The van der Waals surface area contributed by atoms with Crippen LogP contribution in [0.3, 0.4) is 0 Å². The summed E-state index contributed by atoms with van der Waals surface area (Å²) in [7, 11) is 0. The second-order valence-corrected chi connectivity index (χ2v) is 7.99. The molecule has 0 fully saturated rings. The Balaban J connectivity index is 1.99. The summed E-state index contributed by atoms with van der Waals surface area (Å²) < 4.78 is 7.26. The first-order valence-corrected chi connectivity index (χ1v) is 10.6. The van der Waals surface area contributed by atoms with Crippen LogP contribution < -0.4 is 14.9 Å². The molecule has 0 N–H and O–H groups in total. The van der Waals surface area contributed by atoms with E-state index in [2.05, 4.69) is 9.98 Å². The third-order valence-corrected chi connectivity index (χ3v) is 6.01. The van der Waals surface area contributed by atoms with E-state index >= 15 is 0 Å². The monoisotopic (exact) mass is 439 g/mol. The molecule has 0 bridgehead atoms. The molecule has 3 heterocycles. The summed E-state index contributed by atoms with van der Waals surface area (Å²) >= 11 is 7.72. The van der Waals surface area contributed by atoms with Gasteiger partial charge in [0, 0.05) is 11.2 Å². The molecule has 6 nitrogen and oxygen atoms in total. The van der Waals surface area contributed by atoms with Crippen LogP contribution in [0, 0.1) is 0 Å². The van der Waals surface area contributed by atoms with Gasteiger partial charge in [-0.2, -0.15) is 0 Å². The lowest BCUT2D eigenvalue weighted by Gasteiger charge is -2.25. The van der Waals surface area contributed by atoms with Crippen LogP contribution in [0.4, 0.5) is 0 Å². The highest BCUT2D eigenvalue weighted by molar-refractivity contribution is 7.07. The van der Waals surface area contributed by atoms with Crippen LogP contribution >= 0.6 is 22.9 Å². The van der Waals surface area contributed by atoms with Crippen LogP contribution in [0.15, 0.2) is 69.7 Å². The van der Waals surface area contributed by atoms with Crippen LogP contribution in [0.5, 0.6) is 0 Å². The topological polar surface area (TPSA) is 73.6 Å². The van der Waals surface area contributed by atoms with Gasteiger partial charge in [-0.1, -0.05) is 47.2 Å². The number of carbonyl (C=O) groups excluding carboxylic acids is 1. The fourth-order valence-corrected chi connectivity index (χ4v) is 4.65. The Bertz CT molecular complexity index is 1330. The minimum Gasteiger partial charge on any atom is -0.463 e. The van der Waals surface area contributed by atoms with Crippen molar-refractivity contribution in [3.05, 3.63) is 95.9 Å². The summed E-state index contributed by atoms with van der Waals surface area (Å²) in [6.45, 7) is 3.70. The molecule has 0 amide bonds. The van der Waals surface area contributed by atoms with Gasteiger partial charge in [0.15, 0.2) is 4.80 Å². The molecule has 1 aliphatic rings. The molecule has 0 saturated heterocycles. The number of nitrogens with zero attached hydrogens (tertiary/aromatic N) is 3. The second kappa shape index (κ2) is 8.38. The number of fused-ring (bicyclic) bond motifs is 1. The van der Waals surface area contributed by atoms with E-state index < -0.39 is 12.0 Å². The van der Waals surface area contributed by atoms with E-state index in [1.165, 1.54) is 15.9 Å². The molecule has 0 spiro atoms. The number of benzene rings is 1.